The molecule has 0 aromatic heterocycles. The van der Waals surface area contributed by atoms with Gasteiger partial charge in [-0.15, -0.1) is 0 Å². The zero-order chi connectivity index (χ0) is 6.41. The van der Waals surface area contributed by atoms with Crippen molar-refractivity contribution in [2.24, 2.45) is 10.9 Å². The molecular formula is C2H4N4O2. The van der Waals surface area contributed by atoms with Gasteiger partial charge < -0.3 is 0 Å². The molecule has 4 N–H and O–H groups in total. The topological polar surface area (TPSA) is 96.6 Å². The lowest BCUT2D eigenvalue weighted by atomic mass is 11.1. The van der Waals surface area contributed by atoms with Crippen molar-refractivity contribution in [1.82, 2.24) is 10.9 Å². The quantitative estimate of drug-likeness (QED) is 0.127. The maximum Gasteiger partial charge on any atom is 0.349 e. The van der Waals surface area contributed by atoms with Crippen molar-refractivity contribution < 1.29 is 9.59 Å². The van der Waals surface area contributed by atoms with E-state index in [2.05, 4.69) is 10.9 Å². The van der Waals surface area contributed by atoms with Gasteiger partial charge in [-0.25, -0.2) is 20.9 Å². The zero-order valence-electron chi connectivity index (χ0n) is 3.84. The molecule has 44 valence electrons. The van der Waals surface area contributed by atoms with Gasteiger partial charge in [0.05, 0.1) is 0 Å². The van der Waals surface area contributed by atoms with Crippen molar-refractivity contribution in [2.75, 3.05) is 0 Å². The summed E-state index contributed by atoms with van der Waals surface area (Å²) in [5, 5.41) is 2.69. The van der Waals surface area contributed by atoms with Crippen LogP contribution in [-0.2, 0) is 4.79 Å². The van der Waals surface area contributed by atoms with Crippen LogP contribution in [0.15, 0.2) is 5.10 Å². The molecule has 0 aliphatic heterocycles. The molecule has 0 saturated carbocycles. The third-order valence-electron chi connectivity index (χ3n) is 0.334. The minimum atomic E-state index is -0.756. The van der Waals surface area contributed by atoms with Gasteiger partial charge in [0.2, 0.25) is 0 Å². The maximum atomic E-state index is 9.95. The number of nitrogens with one attached hydrogen (secondary N) is 2. The first-order chi connectivity index (χ1) is 3.81. The van der Waals surface area contributed by atoms with Gasteiger partial charge in [0, 0.05) is 0 Å². The van der Waals surface area contributed by atoms with E-state index in [1.54, 1.807) is 10.9 Å². The normalized spacial score (nSPS) is 6.62. The van der Waals surface area contributed by atoms with Gasteiger partial charge in [0.1, 0.15) is 0 Å². The fraction of sp³-hybridized carbons (Fsp3) is 0. The van der Waals surface area contributed by atoms with Crippen LogP contribution in [0.25, 0.3) is 0 Å². The molecule has 8 heavy (non-hydrogen) atoms. The number of hydrogen-bond acceptors (Lipinski definition) is 4. The number of amides is 2. The molecule has 6 nitrogen and oxygen atoms in total. The predicted octanol–water partition coefficient (Wildman–Crippen LogP) is -1.59. The second kappa shape index (κ2) is 3.79. The van der Waals surface area contributed by atoms with Crippen LogP contribution >= 0.6 is 0 Å². The lowest BCUT2D eigenvalue weighted by molar-refractivity contribution is 0.241. The van der Waals surface area contributed by atoms with Crippen LogP contribution in [0.2, 0.25) is 0 Å². The molecule has 0 spiro atoms. The number of carbonyl (C=O) groups is 1. The molecule has 0 aliphatic carbocycles. The molecule has 0 saturated heterocycles. The average Bonchev–Trinajstić information content (AvgIpc) is 1.83. The fourth-order valence-corrected chi connectivity index (χ4v) is 0.106. The van der Waals surface area contributed by atoms with E-state index in [-0.39, 0.29) is 0 Å². The van der Waals surface area contributed by atoms with E-state index < -0.39 is 6.03 Å². The molecule has 0 rings (SSSR count). The van der Waals surface area contributed by atoms with Crippen LogP contribution in [0.5, 0.6) is 0 Å². The van der Waals surface area contributed by atoms with Crippen LogP contribution in [0.3, 0.4) is 0 Å². The first kappa shape index (κ1) is 6.61. The Morgan fingerprint density at radius 3 is 2.75 bits per heavy atom. The molecule has 0 aromatic carbocycles. The summed E-state index contributed by atoms with van der Waals surface area (Å²) in [6.07, 6.45) is 1.08. The van der Waals surface area contributed by atoms with Gasteiger partial charge in [-0.3, -0.25) is 5.43 Å². The summed E-state index contributed by atoms with van der Waals surface area (Å²) in [5.41, 5.74) is 3.39. The predicted molar refractivity (Wildman–Crippen MR) is 24.0 cm³/mol. The van der Waals surface area contributed by atoms with E-state index in [0.717, 1.165) is 6.08 Å². The van der Waals surface area contributed by atoms with E-state index in [1.165, 1.54) is 0 Å². The number of hydrazone groups is 1. The Bertz CT molecular complexity index is 126. The Morgan fingerprint density at radius 2 is 2.38 bits per heavy atom. The maximum absolute atomic E-state index is 9.95. The Labute approximate surface area is 44.7 Å². The number of urea groups is 1. The molecule has 0 radical (unpaired) electrons. The standard InChI is InChI=1S/C2H4N4O2/c3-5-2(8)6-4-1-7/h3H2,(H2,5,6,8). The second-order valence-electron chi connectivity index (χ2n) is 0.788. The highest BCUT2D eigenvalue weighted by molar-refractivity contribution is 5.73. The van der Waals surface area contributed by atoms with E-state index in [4.69, 9.17) is 0 Å². The average molecular weight is 116 g/mol. The van der Waals surface area contributed by atoms with Crippen molar-refractivity contribution in [1.29, 1.82) is 0 Å². The number of hydrazine groups is 1. The molecule has 0 bridgehead atoms. The summed E-state index contributed by atoms with van der Waals surface area (Å²) in [5.74, 6) is 4.56. The summed E-state index contributed by atoms with van der Waals surface area (Å²) < 4.78 is 0. The van der Waals surface area contributed by atoms with Gasteiger partial charge >= 0.3 is 6.03 Å². The van der Waals surface area contributed by atoms with Crippen molar-refractivity contribution in [3.63, 3.8) is 0 Å². The van der Waals surface area contributed by atoms with E-state index >= 15 is 0 Å². The monoisotopic (exact) mass is 116 g/mol. The van der Waals surface area contributed by atoms with Gasteiger partial charge in [-0.05, 0) is 0 Å². The Morgan fingerprint density at radius 1 is 1.75 bits per heavy atom. The van der Waals surface area contributed by atoms with Crippen molar-refractivity contribution >= 4 is 12.1 Å². The zero-order valence-corrected chi connectivity index (χ0v) is 3.84. The van der Waals surface area contributed by atoms with E-state index in [1.807, 2.05) is 0 Å². The molecule has 0 aromatic rings. The molecule has 0 fully saturated rings. The van der Waals surface area contributed by atoms with Crippen LogP contribution in [-0.4, -0.2) is 12.1 Å². The van der Waals surface area contributed by atoms with Gasteiger partial charge in [-0.1, -0.05) is 5.10 Å². The van der Waals surface area contributed by atoms with Crippen molar-refractivity contribution in [3.05, 3.63) is 0 Å². The molecule has 0 aliphatic rings. The first-order valence-electron chi connectivity index (χ1n) is 1.64. The van der Waals surface area contributed by atoms with Gasteiger partial charge in [-0.2, -0.15) is 0 Å². The lowest BCUT2D eigenvalue weighted by Gasteiger charge is -1.90. The highest BCUT2D eigenvalue weighted by Crippen LogP contribution is 1.54. The Balaban J connectivity index is 3.39. The Kier molecular flexibility index (Phi) is 3.13. The molecule has 2 amide bonds. The van der Waals surface area contributed by atoms with Gasteiger partial charge in [0.25, 0.3) is 6.08 Å². The number of nitrogens with zero attached hydrogens (tertiary/aromatic N) is 1. The second-order valence-corrected chi connectivity index (χ2v) is 0.788. The van der Waals surface area contributed by atoms with Crippen LogP contribution in [0.4, 0.5) is 4.79 Å². The van der Waals surface area contributed by atoms with Crippen LogP contribution < -0.4 is 16.7 Å². The van der Waals surface area contributed by atoms with Crippen LogP contribution in [0.1, 0.15) is 0 Å². The van der Waals surface area contributed by atoms with Crippen molar-refractivity contribution in [2.45, 2.75) is 0 Å². The number of isocyanates is 1. The van der Waals surface area contributed by atoms with Crippen molar-refractivity contribution in [3.8, 4) is 0 Å². The molecule has 6 heteroatoms. The fourth-order valence-electron chi connectivity index (χ4n) is 0.106. The summed E-state index contributed by atoms with van der Waals surface area (Å²) >= 11 is 0. The highest BCUT2D eigenvalue weighted by atomic mass is 16.2. The summed E-state index contributed by atoms with van der Waals surface area (Å²) in [7, 11) is 0. The highest BCUT2D eigenvalue weighted by Gasteiger charge is 1.87. The molecule has 0 atom stereocenters. The van der Waals surface area contributed by atoms with Gasteiger partial charge in [0.15, 0.2) is 0 Å². The Hall–Kier alpha value is -1.39. The lowest BCUT2D eigenvalue weighted by Crippen LogP contribution is -2.37. The molecular weight excluding hydrogens is 112 g/mol. The van der Waals surface area contributed by atoms with E-state index in [0.29, 0.717) is 0 Å². The minimum absolute atomic E-state index is 0.756. The SMILES string of the molecule is NNC(=O)NN=C=O. The summed E-state index contributed by atoms with van der Waals surface area (Å²) in [6, 6.07) is -0.756. The largest absolute Gasteiger partial charge is 0.349 e. The summed E-state index contributed by atoms with van der Waals surface area (Å²) in [4.78, 5) is 19.2. The number of hydrogen-bond donors (Lipinski definition) is 3. The first-order valence-corrected chi connectivity index (χ1v) is 1.64. The smallest absolute Gasteiger partial charge is 0.274 e. The van der Waals surface area contributed by atoms with Crippen LogP contribution in [0, 0.1) is 0 Å². The third-order valence-corrected chi connectivity index (χ3v) is 0.334. The molecule has 0 unspecified atom stereocenters. The number of nitrogens with two attached hydrogens (primary N) is 1. The minimum Gasteiger partial charge on any atom is -0.274 e. The summed E-state index contributed by atoms with van der Waals surface area (Å²) in [6.45, 7) is 0. The third kappa shape index (κ3) is 2.83. The number of rotatable bonds is 1. The molecule has 0 heterocycles. The van der Waals surface area contributed by atoms with E-state index in [9.17, 15) is 9.59 Å². The number of carbonyl (C=O) groups excluding carboxylic acids is 2.